The minimum Gasteiger partial charge on any atom is -0.379 e. The van der Waals surface area contributed by atoms with Gasteiger partial charge in [0.2, 0.25) is 0 Å². The van der Waals surface area contributed by atoms with Crippen molar-refractivity contribution in [2.45, 2.75) is 12.5 Å². The monoisotopic (exact) mass is 242 g/mol. The van der Waals surface area contributed by atoms with Crippen LogP contribution in [0.3, 0.4) is 0 Å². The maximum atomic E-state index is 11.5. The predicted octanol–water partition coefficient (Wildman–Crippen LogP) is -1.02. The molecule has 0 radical (unpaired) electrons. The summed E-state index contributed by atoms with van der Waals surface area (Å²) in [5.41, 5.74) is 0. The average Bonchev–Trinajstić information content (AvgIpc) is 2.83. The van der Waals surface area contributed by atoms with Crippen LogP contribution in [-0.2, 0) is 4.74 Å². The van der Waals surface area contributed by atoms with Gasteiger partial charge in [-0.25, -0.2) is 4.79 Å². The molecule has 1 unspecified atom stereocenters. The number of nitrogens with one attached hydrogen (secondary N) is 3. The summed E-state index contributed by atoms with van der Waals surface area (Å²) in [7, 11) is 0. The average molecular weight is 242 g/mol. The smallest absolute Gasteiger partial charge is 0.315 e. The van der Waals surface area contributed by atoms with Gasteiger partial charge in [-0.3, -0.25) is 4.90 Å². The van der Waals surface area contributed by atoms with Crippen molar-refractivity contribution in [2.24, 2.45) is 0 Å². The summed E-state index contributed by atoms with van der Waals surface area (Å²) >= 11 is 0. The van der Waals surface area contributed by atoms with Gasteiger partial charge in [-0.05, 0) is 6.42 Å². The van der Waals surface area contributed by atoms with E-state index in [-0.39, 0.29) is 12.1 Å². The molecule has 2 aliphatic heterocycles. The maximum absolute atomic E-state index is 11.5. The Bertz CT molecular complexity index is 238. The molecule has 6 nitrogen and oxygen atoms in total. The van der Waals surface area contributed by atoms with Crippen molar-refractivity contribution in [1.29, 1.82) is 0 Å². The van der Waals surface area contributed by atoms with Crippen LogP contribution in [-0.4, -0.2) is 69.5 Å². The molecule has 2 fully saturated rings. The molecular weight excluding hydrogens is 220 g/mol. The summed E-state index contributed by atoms with van der Waals surface area (Å²) < 4.78 is 5.20. The zero-order valence-corrected chi connectivity index (χ0v) is 10.2. The zero-order chi connectivity index (χ0) is 11.9. The van der Waals surface area contributed by atoms with Crippen molar-refractivity contribution < 1.29 is 9.53 Å². The van der Waals surface area contributed by atoms with Crippen molar-refractivity contribution in [1.82, 2.24) is 20.9 Å². The van der Waals surface area contributed by atoms with Crippen LogP contribution in [0.25, 0.3) is 0 Å². The van der Waals surface area contributed by atoms with Crippen molar-refractivity contribution in [3.63, 3.8) is 0 Å². The first-order valence-electron chi connectivity index (χ1n) is 6.40. The second kappa shape index (κ2) is 6.78. The van der Waals surface area contributed by atoms with Crippen LogP contribution in [0.1, 0.15) is 6.42 Å². The van der Waals surface area contributed by atoms with Crippen LogP contribution in [0.4, 0.5) is 4.79 Å². The zero-order valence-electron chi connectivity index (χ0n) is 10.2. The molecular formula is C11H22N4O2. The second-order valence-electron chi connectivity index (χ2n) is 4.55. The molecule has 0 aliphatic carbocycles. The van der Waals surface area contributed by atoms with E-state index in [2.05, 4.69) is 20.9 Å². The van der Waals surface area contributed by atoms with Gasteiger partial charge in [0, 0.05) is 45.9 Å². The standard InChI is InChI=1S/C11H22N4O2/c16-11(14-10-1-8-17-9-10)13-4-7-15-5-2-12-3-6-15/h10,12H,1-9H2,(H2,13,14,16). The fourth-order valence-corrected chi connectivity index (χ4v) is 2.15. The molecule has 17 heavy (non-hydrogen) atoms. The molecule has 2 rings (SSSR count). The molecule has 1 atom stereocenters. The van der Waals surface area contributed by atoms with Gasteiger partial charge in [0.15, 0.2) is 0 Å². The first-order chi connectivity index (χ1) is 8.34. The summed E-state index contributed by atoms with van der Waals surface area (Å²) in [6.07, 6.45) is 0.922. The minimum absolute atomic E-state index is 0.0735. The van der Waals surface area contributed by atoms with Gasteiger partial charge in [0.25, 0.3) is 0 Å². The highest BCUT2D eigenvalue weighted by Crippen LogP contribution is 2.02. The van der Waals surface area contributed by atoms with Crippen LogP contribution in [0.2, 0.25) is 0 Å². The quantitative estimate of drug-likeness (QED) is 0.590. The molecule has 0 aromatic carbocycles. The number of carbonyl (C=O) groups excluding carboxylic acids is 1. The molecule has 0 aromatic heterocycles. The molecule has 2 heterocycles. The van der Waals surface area contributed by atoms with Crippen LogP contribution in [0.15, 0.2) is 0 Å². The van der Waals surface area contributed by atoms with Gasteiger partial charge in [0.1, 0.15) is 0 Å². The largest absolute Gasteiger partial charge is 0.379 e. The molecule has 98 valence electrons. The van der Waals surface area contributed by atoms with Gasteiger partial charge in [0.05, 0.1) is 12.6 Å². The summed E-state index contributed by atoms with van der Waals surface area (Å²) in [6.45, 7) is 7.27. The molecule has 0 spiro atoms. The molecule has 2 aliphatic rings. The highest BCUT2D eigenvalue weighted by Gasteiger charge is 2.17. The highest BCUT2D eigenvalue weighted by atomic mass is 16.5. The topological polar surface area (TPSA) is 65.6 Å². The van der Waals surface area contributed by atoms with Crippen LogP contribution in [0, 0.1) is 0 Å². The number of piperazine rings is 1. The Morgan fingerprint density at radius 3 is 2.94 bits per heavy atom. The van der Waals surface area contributed by atoms with E-state index in [0.29, 0.717) is 13.2 Å². The lowest BCUT2D eigenvalue weighted by molar-refractivity contribution is 0.188. The van der Waals surface area contributed by atoms with E-state index >= 15 is 0 Å². The predicted molar refractivity (Wildman–Crippen MR) is 65.1 cm³/mol. The normalized spacial score (nSPS) is 25.8. The van der Waals surface area contributed by atoms with E-state index in [1.54, 1.807) is 0 Å². The fraction of sp³-hybridized carbons (Fsp3) is 0.909. The molecule has 0 bridgehead atoms. The second-order valence-corrected chi connectivity index (χ2v) is 4.55. The summed E-state index contributed by atoms with van der Waals surface area (Å²) in [6, 6.07) is 0.116. The number of nitrogens with zero attached hydrogens (tertiary/aromatic N) is 1. The molecule has 0 saturated carbocycles. The van der Waals surface area contributed by atoms with E-state index in [1.165, 1.54) is 0 Å². The minimum atomic E-state index is -0.0735. The van der Waals surface area contributed by atoms with Crippen LogP contribution < -0.4 is 16.0 Å². The Morgan fingerprint density at radius 2 is 2.24 bits per heavy atom. The van der Waals surface area contributed by atoms with E-state index in [4.69, 9.17) is 4.74 Å². The van der Waals surface area contributed by atoms with Gasteiger partial charge in [-0.2, -0.15) is 0 Å². The number of rotatable bonds is 4. The van der Waals surface area contributed by atoms with E-state index < -0.39 is 0 Å². The fourth-order valence-electron chi connectivity index (χ4n) is 2.15. The number of ether oxygens (including phenoxy) is 1. The molecule has 2 amide bonds. The number of amides is 2. The number of hydrogen-bond acceptors (Lipinski definition) is 4. The van der Waals surface area contributed by atoms with Crippen molar-refractivity contribution >= 4 is 6.03 Å². The summed E-state index contributed by atoms with van der Waals surface area (Å²) in [5, 5.41) is 9.11. The molecule has 2 saturated heterocycles. The summed E-state index contributed by atoms with van der Waals surface area (Å²) in [4.78, 5) is 13.9. The third-order valence-corrected chi connectivity index (χ3v) is 3.19. The maximum Gasteiger partial charge on any atom is 0.315 e. The lowest BCUT2D eigenvalue weighted by Crippen LogP contribution is -2.48. The lowest BCUT2D eigenvalue weighted by Gasteiger charge is -2.27. The molecule has 0 aromatic rings. The highest BCUT2D eigenvalue weighted by molar-refractivity contribution is 5.74. The van der Waals surface area contributed by atoms with Crippen LogP contribution in [0.5, 0.6) is 0 Å². The first-order valence-corrected chi connectivity index (χ1v) is 6.40. The SMILES string of the molecule is O=C(NCCN1CCNCC1)NC1CCOC1. The van der Waals surface area contributed by atoms with E-state index in [9.17, 15) is 4.79 Å². The third kappa shape index (κ3) is 4.49. The van der Waals surface area contributed by atoms with Gasteiger partial charge in [-0.15, -0.1) is 0 Å². The van der Waals surface area contributed by atoms with Crippen molar-refractivity contribution in [2.75, 3.05) is 52.5 Å². The van der Waals surface area contributed by atoms with E-state index in [0.717, 1.165) is 45.8 Å². The molecule has 6 heteroatoms. The Hall–Kier alpha value is -0.850. The van der Waals surface area contributed by atoms with Gasteiger partial charge >= 0.3 is 6.03 Å². The van der Waals surface area contributed by atoms with Gasteiger partial charge in [-0.1, -0.05) is 0 Å². The first kappa shape index (κ1) is 12.6. The summed E-state index contributed by atoms with van der Waals surface area (Å²) in [5.74, 6) is 0. The van der Waals surface area contributed by atoms with Crippen molar-refractivity contribution in [3.05, 3.63) is 0 Å². The number of urea groups is 1. The Kier molecular flexibility index (Phi) is 5.03. The molecule has 3 N–H and O–H groups in total. The Morgan fingerprint density at radius 1 is 1.41 bits per heavy atom. The Balaban J connectivity index is 1.53. The van der Waals surface area contributed by atoms with Gasteiger partial charge < -0.3 is 20.7 Å². The Labute approximate surface area is 102 Å². The number of carbonyl (C=O) groups is 1. The van der Waals surface area contributed by atoms with Crippen molar-refractivity contribution in [3.8, 4) is 0 Å². The lowest BCUT2D eigenvalue weighted by atomic mass is 10.3. The van der Waals surface area contributed by atoms with E-state index in [1.807, 2.05) is 0 Å². The van der Waals surface area contributed by atoms with Crippen LogP contribution >= 0.6 is 0 Å². The number of hydrogen-bond donors (Lipinski definition) is 3. The third-order valence-electron chi connectivity index (χ3n) is 3.19.